The Kier molecular flexibility index (Phi) is 3.84. The van der Waals surface area contributed by atoms with Crippen LogP contribution in [0.2, 0.25) is 0 Å². The molecule has 1 aromatic heterocycles. The Labute approximate surface area is 129 Å². The minimum atomic E-state index is -1.00. The van der Waals surface area contributed by atoms with Crippen molar-refractivity contribution in [2.45, 2.75) is 25.9 Å². The van der Waals surface area contributed by atoms with Gasteiger partial charge >= 0.3 is 5.97 Å². The summed E-state index contributed by atoms with van der Waals surface area (Å²) >= 11 is 1.26. The van der Waals surface area contributed by atoms with Gasteiger partial charge in [-0.1, -0.05) is 18.3 Å². The molecule has 0 aliphatic carbocycles. The van der Waals surface area contributed by atoms with E-state index in [0.29, 0.717) is 10.7 Å². The summed E-state index contributed by atoms with van der Waals surface area (Å²) in [5.41, 5.74) is 0.748. The second-order valence-electron chi connectivity index (χ2n) is 4.74. The molecule has 2 aromatic rings. The molecule has 0 bridgehead atoms. The molecule has 0 saturated heterocycles. The van der Waals surface area contributed by atoms with Gasteiger partial charge in [-0.15, -0.1) is 10.2 Å². The molecule has 3 rings (SSSR count). The van der Waals surface area contributed by atoms with Crippen molar-refractivity contribution in [3.05, 3.63) is 40.2 Å². The van der Waals surface area contributed by atoms with Gasteiger partial charge < -0.3 is 4.74 Å². The van der Waals surface area contributed by atoms with E-state index in [-0.39, 0.29) is 12.0 Å². The molecule has 0 radical (unpaired) electrons. The molecular weight excluding hydrogens is 309 g/mol. The number of rotatable bonds is 3. The van der Waals surface area contributed by atoms with Crippen LogP contribution < -0.4 is 5.32 Å². The normalized spacial score (nSPS) is 16.8. The number of cyclic esters (lactones) is 1. The predicted octanol–water partition coefficient (Wildman–Crippen LogP) is 1.96. The van der Waals surface area contributed by atoms with Gasteiger partial charge in [0, 0.05) is 6.42 Å². The fourth-order valence-corrected chi connectivity index (χ4v) is 2.83. The Bertz CT molecular complexity index is 747. The van der Waals surface area contributed by atoms with Crippen molar-refractivity contribution < 1.29 is 18.7 Å². The number of amides is 1. The molecule has 114 valence electrons. The standard InChI is InChI=1S/C14H12FN3O3S/c1-2-11-17-18-14(22-11)16-12(19)10-6-7-5-8(15)3-4-9(7)13(20)21-10/h3-5,10H,2,6H2,1H3,(H,16,18,19). The van der Waals surface area contributed by atoms with Crippen LogP contribution in [0.3, 0.4) is 0 Å². The highest BCUT2D eigenvalue weighted by molar-refractivity contribution is 7.15. The first kappa shape index (κ1) is 14.6. The van der Waals surface area contributed by atoms with Crippen LogP contribution in [0.25, 0.3) is 0 Å². The molecule has 1 N–H and O–H groups in total. The predicted molar refractivity (Wildman–Crippen MR) is 77.2 cm³/mol. The van der Waals surface area contributed by atoms with Gasteiger partial charge in [-0.05, 0) is 30.2 Å². The summed E-state index contributed by atoms with van der Waals surface area (Å²) in [6, 6.07) is 3.80. The van der Waals surface area contributed by atoms with Crippen LogP contribution >= 0.6 is 11.3 Å². The molecule has 1 aliphatic heterocycles. The second kappa shape index (κ2) is 5.80. The Morgan fingerprint density at radius 1 is 1.50 bits per heavy atom. The van der Waals surface area contributed by atoms with E-state index in [1.165, 1.54) is 29.5 Å². The van der Waals surface area contributed by atoms with Crippen LogP contribution in [0.15, 0.2) is 18.2 Å². The van der Waals surface area contributed by atoms with Crippen molar-refractivity contribution in [2.75, 3.05) is 5.32 Å². The van der Waals surface area contributed by atoms with Gasteiger partial charge in [0.15, 0.2) is 6.10 Å². The SMILES string of the molecule is CCc1nnc(NC(=O)C2Cc3cc(F)ccc3C(=O)O2)s1. The van der Waals surface area contributed by atoms with Gasteiger partial charge in [0.25, 0.3) is 5.91 Å². The van der Waals surface area contributed by atoms with Crippen molar-refractivity contribution in [1.29, 1.82) is 0 Å². The topological polar surface area (TPSA) is 81.2 Å². The highest BCUT2D eigenvalue weighted by atomic mass is 32.1. The lowest BCUT2D eigenvalue weighted by molar-refractivity contribution is -0.125. The number of aryl methyl sites for hydroxylation is 1. The molecule has 1 amide bonds. The first-order valence-electron chi connectivity index (χ1n) is 6.69. The highest BCUT2D eigenvalue weighted by Crippen LogP contribution is 2.23. The van der Waals surface area contributed by atoms with Gasteiger partial charge in [-0.25, -0.2) is 9.18 Å². The number of benzene rings is 1. The molecule has 1 aromatic carbocycles. The summed E-state index contributed by atoms with van der Waals surface area (Å²) < 4.78 is 18.4. The van der Waals surface area contributed by atoms with E-state index in [9.17, 15) is 14.0 Å². The average Bonchev–Trinajstić information content (AvgIpc) is 2.94. The van der Waals surface area contributed by atoms with E-state index in [0.717, 1.165) is 11.4 Å². The average molecular weight is 321 g/mol. The van der Waals surface area contributed by atoms with Gasteiger partial charge in [0.1, 0.15) is 10.8 Å². The third-order valence-corrected chi connectivity index (χ3v) is 4.22. The van der Waals surface area contributed by atoms with Gasteiger partial charge in [-0.3, -0.25) is 10.1 Å². The number of halogens is 1. The van der Waals surface area contributed by atoms with Crippen molar-refractivity contribution in [1.82, 2.24) is 10.2 Å². The number of aromatic nitrogens is 2. The number of ether oxygens (including phenoxy) is 1. The maximum Gasteiger partial charge on any atom is 0.339 e. The van der Waals surface area contributed by atoms with Crippen molar-refractivity contribution >= 4 is 28.3 Å². The minimum absolute atomic E-state index is 0.129. The molecule has 8 heteroatoms. The summed E-state index contributed by atoms with van der Waals surface area (Å²) in [6.07, 6.45) is -0.154. The smallest absolute Gasteiger partial charge is 0.339 e. The maximum atomic E-state index is 13.3. The van der Waals surface area contributed by atoms with Crippen molar-refractivity contribution in [3.8, 4) is 0 Å². The third-order valence-electron chi connectivity index (χ3n) is 3.23. The molecular formula is C14H12FN3O3S. The maximum absolute atomic E-state index is 13.3. The number of hydrogen-bond acceptors (Lipinski definition) is 6. The van der Waals surface area contributed by atoms with E-state index in [1.807, 2.05) is 6.92 Å². The van der Waals surface area contributed by atoms with E-state index in [4.69, 9.17) is 4.74 Å². The quantitative estimate of drug-likeness (QED) is 0.874. The minimum Gasteiger partial charge on any atom is -0.448 e. The van der Waals surface area contributed by atoms with Crippen LogP contribution in [-0.2, 0) is 22.4 Å². The molecule has 0 saturated carbocycles. The number of nitrogens with one attached hydrogen (secondary N) is 1. The Balaban J connectivity index is 1.75. The van der Waals surface area contributed by atoms with Crippen LogP contribution in [-0.4, -0.2) is 28.2 Å². The molecule has 1 atom stereocenters. The van der Waals surface area contributed by atoms with Gasteiger partial charge in [0.2, 0.25) is 5.13 Å². The lowest BCUT2D eigenvalue weighted by Gasteiger charge is -2.23. The second-order valence-corrected chi connectivity index (χ2v) is 5.81. The first-order chi connectivity index (χ1) is 10.6. The van der Waals surface area contributed by atoms with Crippen molar-refractivity contribution in [3.63, 3.8) is 0 Å². The molecule has 1 aliphatic rings. The zero-order chi connectivity index (χ0) is 15.7. The number of carbonyl (C=O) groups is 2. The summed E-state index contributed by atoms with van der Waals surface area (Å²) in [7, 11) is 0. The van der Waals surface area contributed by atoms with Crippen LogP contribution in [0, 0.1) is 5.82 Å². The van der Waals surface area contributed by atoms with E-state index < -0.39 is 23.8 Å². The third kappa shape index (κ3) is 2.82. The van der Waals surface area contributed by atoms with Crippen molar-refractivity contribution in [2.24, 2.45) is 0 Å². The molecule has 1 unspecified atom stereocenters. The number of esters is 1. The van der Waals surface area contributed by atoms with Gasteiger partial charge in [-0.2, -0.15) is 0 Å². The monoisotopic (exact) mass is 321 g/mol. The summed E-state index contributed by atoms with van der Waals surface area (Å²) in [5.74, 6) is -1.58. The van der Waals surface area contributed by atoms with Gasteiger partial charge in [0.05, 0.1) is 5.56 Å². The zero-order valence-electron chi connectivity index (χ0n) is 11.6. The summed E-state index contributed by atoms with van der Waals surface area (Å²) in [5, 5.41) is 11.4. The van der Waals surface area contributed by atoms with Crippen LogP contribution in [0.5, 0.6) is 0 Å². The van der Waals surface area contributed by atoms with E-state index in [2.05, 4.69) is 15.5 Å². The van der Waals surface area contributed by atoms with Crippen LogP contribution in [0.4, 0.5) is 9.52 Å². The van der Waals surface area contributed by atoms with Crippen LogP contribution in [0.1, 0.15) is 27.9 Å². The largest absolute Gasteiger partial charge is 0.448 e. The molecule has 2 heterocycles. The fourth-order valence-electron chi connectivity index (χ4n) is 2.14. The molecule has 6 nitrogen and oxygen atoms in total. The molecule has 0 fully saturated rings. The van der Waals surface area contributed by atoms with E-state index >= 15 is 0 Å². The first-order valence-corrected chi connectivity index (χ1v) is 7.51. The summed E-state index contributed by atoms with van der Waals surface area (Å²) in [4.78, 5) is 24.0. The van der Waals surface area contributed by atoms with E-state index in [1.54, 1.807) is 0 Å². The molecule has 22 heavy (non-hydrogen) atoms. The number of carbonyl (C=O) groups excluding carboxylic acids is 2. The Morgan fingerprint density at radius 3 is 3.05 bits per heavy atom. The number of fused-ring (bicyclic) bond motifs is 1. The summed E-state index contributed by atoms with van der Waals surface area (Å²) in [6.45, 7) is 1.93. The molecule has 0 spiro atoms. The Hall–Kier alpha value is -2.35. The number of anilines is 1. The zero-order valence-corrected chi connectivity index (χ0v) is 12.4. The highest BCUT2D eigenvalue weighted by Gasteiger charge is 2.32. The lowest BCUT2D eigenvalue weighted by Crippen LogP contribution is -2.38. The fraction of sp³-hybridized carbons (Fsp3) is 0.286. The Morgan fingerprint density at radius 2 is 2.32 bits per heavy atom. The lowest BCUT2D eigenvalue weighted by atomic mass is 9.98. The number of hydrogen-bond donors (Lipinski definition) is 1. The number of nitrogens with zero attached hydrogens (tertiary/aromatic N) is 2.